The van der Waals surface area contributed by atoms with E-state index in [0.717, 1.165) is 38.4 Å². The molecule has 7 heteroatoms. The first kappa shape index (κ1) is 19.6. The van der Waals surface area contributed by atoms with Crippen LogP contribution in [-0.2, 0) is 9.59 Å². The molecule has 1 N–H and O–H groups in total. The summed E-state index contributed by atoms with van der Waals surface area (Å²) in [5, 5.41) is 2.93. The van der Waals surface area contributed by atoms with E-state index in [0.29, 0.717) is 13.1 Å². The number of hydrogen-bond donors (Lipinski definition) is 1. The maximum atomic E-state index is 12.4. The van der Waals surface area contributed by atoms with Crippen LogP contribution in [0.15, 0.2) is 24.3 Å². The minimum atomic E-state index is -0.267. The number of carbonyl (C=O) groups excluding carboxylic acids is 2. The Morgan fingerprint density at radius 3 is 2.37 bits per heavy atom. The molecule has 0 radical (unpaired) electrons. The molecule has 0 aromatic heterocycles. The SMILES string of the molecule is CN(C)CCNC(=O)C1CC(=O)N(c2ccc(N3CCN(C)CC3)cc2)C1. The van der Waals surface area contributed by atoms with Crippen molar-refractivity contribution in [3.63, 3.8) is 0 Å². The van der Waals surface area contributed by atoms with Crippen LogP contribution in [0.1, 0.15) is 6.42 Å². The van der Waals surface area contributed by atoms with Crippen molar-refractivity contribution in [1.29, 1.82) is 0 Å². The third-order valence-electron chi connectivity index (χ3n) is 5.38. The molecular weight excluding hydrogens is 342 g/mol. The van der Waals surface area contributed by atoms with E-state index in [9.17, 15) is 9.59 Å². The molecule has 148 valence electrons. The fraction of sp³-hybridized carbons (Fsp3) is 0.600. The number of amides is 2. The number of anilines is 2. The summed E-state index contributed by atoms with van der Waals surface area (Å²) in [5.74, 6) is -0.270. The van der Waals surface area contributed by atoms with Crippen LogP contribution >= 0.6 is 0 Å². The first-order valence-corrected chi connectivity index (χ1v) is 9.70. The first-order chi connectivity index (χ1) is 12.9. The van der Waals surface area contributed by atoms with Gasteiger partial charge in [-0.3, -0.25) is 9.59 Å². The molecule has 1 atom stereocenters. The summed E-state index contributed by atoms with van der Waals surface area (Å²) in [6.07, 6.45) is 0.286. The largest absolute Gasteiger partial charge is 0.369 e. The predicted octanol–water partition coefficient (Wildman–Crippen LogP) is 0.469. The number of nitrogens with one attached hydrogen (secondary N) is 1. The van der Waals surface area contributed by atoms with Gasteiger partial charge in [-0.05, 0) is 45.4 Å². The van der Waals surface area contributed by atoms with Gasteiger partial charge in [0.2, 0.25) is 11.8 Å². The van der Waals surface area contributed by atoms with Gasteiger partial charge in [0.1, 0.15) is 0 Å². The molecule has 2 saturated heterocycles. The van der Waals surface area contributed by atoms with Crippen LogP contribution in [0.4, 0.5) is 11.4 Å². The molecule has 2 amide bonds. The van der Waals surface area contributed by atoms with Crippen LogP contribution in [0.25, 0.3) is 0 Å². The summed E-state index contributed by atoms with van der Waals surface area (Å²) in [6.45, 7) is 6.04. The van der Waals surface area contributed by atoms with Crippen molar-refractivity contribution in [3.05, 3.63) is 24.3 Å². The van der Waals surface area contributed by atoms with Crippen LogP contribution in [0, 0.1) is 5.92 Å². The Morgan fingerprint density at radius 2 is 1.74 bits per heavy atom. The van der Waals surface area contributed by atoms with E-state index in [1.54, 1.807) is 4.90 Å². The summed E-state index contributed by atoms with van der Waals surface area (Å²) in [6, 6.07) is 8.16. The molecule has 1 aromatic carbocycles. The highest BCUT2D eigenvalue weighted by Crippen LogP contribution is 2.27. The lowest BCUT2D eigenvalue weighted by Crippen LogP contribution is -2.44. The third kappa shape index (κ3) is 4.99. The van der Waals surface area contributed by atoms with E-state index in [-0.39, 0.29) is 24.2 Å². The lowest BCUT2D eigenvalue weighted by molar-refractivity contribution is -0.126. The standard InChI is InChI=1S/C20H31N5O2/c1-22(2)9-8-21-20(27)16-14-19(26)25(15-16)18-6-4-17(5-7-18)24-12-10-23(3)11-13-24/h4-7,16H,8-15H2,1-3H3,(H,21,27). The fourth-order valence-corrected chi connectivity index (χ4v) is 3.59. The molecule has 2 aliphatic rings. The first-order valence-electron chi connectivity index (χ1n) is 9.70. The lowest BCUT2D eigenvalue weighted by Gasteiger charge is -2.34. The highest BCUT2D eigenvalue weighted by molar-refractivity contribution is 6.00. The molecule has 0 saturated carbocycles. The van der Waals surface area contributed by atoms with E-state index in [1.807, 2.05) is 31.1 Å². The Morgan fingerprint density at radius 1 is 1.11 bits per heavy atom. The van der Waals surface area contributed by atoms with Gasteiger partial charge < -0.3 is 24.9 Å². The van der Waals surface area contributed by atoms with Crippen molar-refractivity contribution in [2.75, 3.05) is 76.8 Å². The van der Waals surface area contributed by atoms with E-state index in [1.165, 1.54) is 5.69 Å². The molecule has 2 heterocycles. The molecule has 7 nitrogen and oxygen atoms in total. The summed E-state index contributed by atoms with van der Waals surface area (Å²) in [5.41, 5.74) is 2.07. The van der Waals surface area contributed by atoms with Crippen molar-refractivity contribution in [3.8, 4) is 0 Å². The Bertz CT molecular complexity index is 653. The van der Waals surface area contributed by atoms with Crippen LogP contribution in [0.3, 0.4) is 0 Å². The van der Waals surface area contributed by atoms with Crippen molar-refractivity contribution < 1.29 is 9.59 Å². The molecule has 1 aromatic rings. The zero-order valence-corrected chi connectivity index (χ0v) is 16.6. The van der Waals surface area contributed by atoms with Gasteiger partial charge in [0, 0.05) is 63.6 Å². The minimum absolute atomic E-state index is 0.0232. The number of piperazine rings is 1. The van der Waals surface area contributed by atoms with Crippen LogP contribution in [0.5, 0.6) is 0 Å². The number of likely N-dealkylation sites (N-methyl/N-ethyl adjacent to an activating group) is 2. The van der Waals surface area contributed by atoms with Crippen LogP contribution in [0.2, 0.25) is 0 Å². The number of carbonyl (C=O) groups is 2. The normalized spacial score (nSPS) is 21.2. The van der Waals surface area contributed by atoms with E-state index in [2.05, 4.69) is 34.3 Å². The summed E-state index contributed by atoms with van der Waals surface area (Å²) in [4.78, 5) is 33.2. The molecular formula is C20H31N5O2. The van der Waals surface area contributed by atoms with E-state index in [4.69, 9.17) is 0 Å². The van der Waals surface area contributed by atoms with Crippen molar-refractivity contribution in [1.82, 2.24) is 15.1 Å². The topological polar surface area (TPSA) is 59.1 Å². The van der Waals surface area contributed by atoms with Gasteiger partial charge in [-0.1, -0.05) is 0 Å². The van der Waals surface area contributed by atoms with Gasteiger partial charge in [-0.15, -0.1) is 0 Å². The lowest BCUT2D eigenvalue weighted by atomic mass is 10.1. The molecule has 0 aliphatic carbocycles. The number of benzene rings is 1. The van der Waals surface area contributed by atoms with Crippen LogP contribution in [-0.4, -0.2) is 88.6 Å². The van der Waals surface area contributed by atoms with Gasteiger partial charge in [-0.2, -0.15) is 0 Å². The van der Waals surface area contributed by atoms with Gasteiger partial charge in [-0.25, -0.2) is 0 Å². The molecule has 27 heavy (non-hydrogen) atoms. The number of nitrogens with zero attached hydrogens (tertiary/aromatic N) is 4. The van der Waals surface area contributed by atoms with Gasteiger partial charge in [0.05, 0.1) is 5.92 Å². The van der Waals surface area contributed by atoms with Gasteiger partial charge >= 0.3 is 0 Å². The van der Waals surface area contributed by atoms with Gasteiger partial charge in [0.25, 0.3) is 0 Å². The molecule has 1 unspecified atom stereocenters. The number of rotatable bonds is 6. The third-order valence-corrected chi connectivity index (χ3v) is 5.38. The molecule has 2 fully saturated rings. The second kappa shape index (κ2) is 8.71. The average Bonchev–Trinajstić information content (AvgIpc) is 3.04. The molecule has 0 spiro atoms. The average molecular weight is 374 g/mol. The Labute approximate surface area is 161 Å². The van der Waals surface area contributed by atoms with Crippen molar-refractivity contribution in [2.24, 2.45) is 5.92 Å². The predicted molar refractivity (Wildman–Crippen MR) is 108 cm³/mol. The van der Waals surface area contributed by atoms with Gasteiger partial charge in [0.15, 0.2) is 0 Å². The van der Waals surface area contributed by atoms with Crippen molar-refractivity contribution >= 4 is 23.2 Å². The Balaban J connectivity index is 1.56. The summed E-state index contributed by atoms with van der Waals surface area (Å²) >= 11 is 0. The highest BCUT2D eigenvalue weighted by atomic mass is 16.2. The molecule has 3 rings (SSSR count). The minimum Gasteiger partial charge on any atom is -0.369 e. The zero-order valence-electron chi connectivity index (χ0n) is 16.6. The Hall–Kier alpha value is -2.12. The van der Waals surface area contributed by atoms with E-state index < -0.39 is 0 Å². The molecule has 0 bridgehead atoms. The highest BCUT2D eigenvalue weighted by Gasteiger charge is 2.35. The maximum absolute atomic E-state index is 12.4. The van der Waals surface area contributed by atoms with Crippen molar-refractivity contribution in [2.45, 2.75) is 6.42 Å². The summed E-state index contributed by atoms with van der Waals surface area (Å²) < 4.78 is 0. The maximum Gasteiger partial charge on any atom is 0.227 e. The second-order valence-corrected chi connectivity index (χ2v) is 7.81. The quantitative estimate of drug-likeness (QED) is 0.786. The Kier molecular flexibility index (Phi) is 6.34. The van der Waals surface area contributed by atoms with Crippen LogP contribution < -0.4 is 15.1 Å². The fourth-order valence-electron chi connectivity index (χ4n) is 3.59. The summed E-state index contributed by atoms with van der Waals surface area (Å²) in [7, 11) is 6.09. The number of hydrogen-bond acceptors (Lipinski definition) is 5. The monoisotopic (exact) mass is 373 g/mol. The second-order valence-electron chi connectivity index (χ2n) is 7.81. The van der Waals surface area contributed by atoms with E-state index >= 15 is 0 Å². The zero-order chi connectivity index (χ0) is 19.4. The molecule has 2 aliphatic heterocycles. The smallest absolute Gasteiger partial charge is 0.227 e.